The molecule has 0 aliphatic heterocycles. The molecule has 3 unspecified atom stereocenters. The molecule has 0 radical (unpaired) electrons. The molecule has 2 aliphatic rings. The maximum Gasteiger partial charge on any atom is 0.145 e. The first-order valence-corrected chi connectivity index (χ1v) is 6.67. The lowest BCUT2D eigenvalue weighted by Gasteiger charge is -2.13. The average Bonchev–Trinajstić information content (AvgIpc) is 2.79. The number of rotatable bonds is 3. The van der Waals surface area contributed by atoms with E-state index >= 15 is 0 Å². The molecule has 0 spiro atoms. The number of aliphatic hydroxyl groups is 1. The van der Waals surface area contributed by atoms with E-state index in [9.17, 15) is 9.50 Å². The smallest absolute Gasteiger partial charge is 0.145 e. The summed E-state index contributed by atoms with van der Waals surface area (Å²) in [4.78, 5) is 0. The van der Waals surface area contributed by atoms with E-state index in [-0.39, 0.29) is 10.8 Å². The first kappa shape index (κ1) is 11.5. The van der Waals surface area contributed by atoms with Crippen LogP contribution in [-0.2, 0) is 6.42 Å². The van der Waals surface area contributed by atoms with Crippen LogP contribution < -0.4 is 0 Å². The Hall–Kier alpha value is -0.600. The summed E-state index contributed by atoms with van der Waals surface area (Å²) in [6.07, 6.45) is 3.77. The first-order chi connectivity index (χ1) is 8.18. The maximum absolute atomic E-state index is 13.7. The summed E-state index contributed by atoms with van der Waals surface area (Å²) in [6.45, 7) is 0. The van der Waals surface area contributed by atoms with E-state index in [1.54, 1.807) is 18.2 Å². The number of benzene rings is 1. The van der Waals surface area contributed by atoms with Gasteiger partial charge in [-0.2, -0.15) is 0 Å². The van der Waals surface area contributed by atoms with Gasteiger partial charge in [-0.3, -0.25) is 0 Å². The van der Waals surface area contributed by atoms with Gasteiger partial charge in [0, 0.05) is 6.42 Å². The zero-order valence-corrected chi connectivity index (χ0v) is 10.3. The molecule has 92 valence electrons. The summed E-state index contributed by atoms with van der Waals surface area (Å²) >= 11 is 5.73. The quantitative estimate of drug-likeness (QED) is 0.876. The molecule has 1 nitrogen and oxygen atoms in total. The highest BCUT2D eigenvalue weighted by Crippen LogP contribution is 2.59. The van der Waals surface area contributed by atoms with Crippen LogP contribution in [0.1, 0.15) is 24.8 Å². The van der Waals surface area contributed by atoms with Crippen molar-refractivity contribution in [1.29, 1.82) is 0 Å². The molecule has 0 saturated heterocycles. The Morgan fingerprint density at radius 1 is 1.35 bits per heavy atom. The van der Waals surface area contributed by atoms with E-state index < -0.39 is 6.10 Å². The highest BCUT2D eigenvalue weighted by Gasteiger charge is 2.55. The van der Waals surface area contributed by atoms with E-state index in [1.807, 2.05) is 0 Å². The van der Waals surface area contributed by atoms with E-state index in [0.29, 0.717) is 29.7 Å². The second-order valence-corrected chi connectivity index (χ2v) is 5.73. The van der Waals surface area contributed by atoms with Gasteiger partial charge in [0.15, 0.2) is 0 Å². The lowest BCUT2D eigenvalue weighted by atomic mass is 9.99. The molecule has 0 heterocycles. The zero-order valence-electron chi connectivity index (χ0n) is 9.57. The molecule has 0 aromatic heterocycles. The fraction of sp³-hybridized carbons (Fsp3) is 0.571. The summed E-state index contributed by atoms with van der Waals surface area (Å²) < 4.78 is 13.7. The highest BCUT2D eigenvalue weighted by molar-refractivity contribution is 6.30. The minimum atomic E-state index is -0.404. The summed E-state index contributed by atoms with van der Waals surface area (Å²) in [7, 11) is 0. The van der Waals surface area contributed by atoms with Gasteiger partial charge in [0.05, 0.1) is 11.1 Å². The van der Waals surface area contributed by atoms with Crippen LogP contribution in [0.4, 0.5) is 4.39 Å². The fourth-order valence-electron chi connectivity index (χ4n) is 3.52. The van der Waals surface area contributed by atoms with Gasteiger partial charge in [0.2, 0.25) is 0 Å². The van der Waals surface area contributed by atoms with Gasteiger partial charge in [-0.15, -0.1) is 0 Å². The Morgan fingerprint density at radius 2 is 2.06 bits per heavy atom. The van der Waals surface area contributed by atoms with Crippen LogP contribution in [0.2, 0.25) is 5.02 Å². The number of fused-ring (bicyclic) bond motifs is 1. The van der Waals surface area contributed by atoms with Crippen LogP contribution in [0.25, 0.3) is 0 Å². The predicted octanol–water partition coefficient (Wildman–Crippen LogP) is 3.43. The van der Waals surface area contributed by atoms with Crippen molar-refractivity contribution in [1.82, 2.24) is 0 Å². The Bertz CT molecular complexity index is 424. The summed E-state index contributed by atoms with van der Waals surface area (Å²) in [5.74, 6) is 1.43. The van der Waals surface area contributed by atoms with Crippen LogP contribution in [0.15, 0.2) is 18.2 Å². The molecule has 1 N–H and O–H groups in total. The second kappa shape index (κ2) is 4.25. The maximum atomic E-state index is 13.7. The van der Waals surface area contributed by atoms with Crippen molar-refractivity contribution in [3.8, 4) is 0 Å². The Kier molecular flexibility index (Phi) is 2.87. The molecule has 3 atom stereocenters. The molecule has 2 aliphatic carbocycles. The number of halogens is 2. The van der Waals surface area contributed by atoms with Crippen molar-refractivity contribution in [2.75, 3.05) is 0 Å². The lowest BCUT2D eigenvalue weighted by Crippen LogP contribution is -2.17. The van der Waals surface area contributed by atoms with E-state index in [1.165, 1.54) is 19.3 Å². The standard InChI is InChI=1S/C14H16ClFO/c15-11-6-1-3-8(14(11)16)7-12(17)13-9-4-2-5-10(9)13/h1,3,6,9-10,12-13,17H,2,4-5,7H2. The molecule has 1 aromatic rings. The van der Waals surface area contributed by atoms with Gasteiger partial charge in [-0.25, -0.2) is 4.39 Å². The normalized spacial score (nSPS) is 32.3. The van der Waals surface area contributed by atoms with Crippen molar-refractivity contribution in [2.45, 2.75) is 31.8 Å². The molecule has 3 rings (SSSR count). The second-order valence-electron chi connectivity index (χ2n) is 5.32. The third-order valence-electron chi connectivity index (χ3n) is 4.38. The molecule has 17 heavy (non-hydrogen) atoms. The highest BCUT2D eigenvalue weighted by atomic mass is 35.5. The molecule has 1 aromatic carbocycles. The molecule has 2 fully saturated rings. The van der Waals surface area contributed by atoms with Gasteiger partial charge in [0.1, 0.15) is 5.82 Å². The van der Waals surface area contributed by atoms with Gasteiger partial charge >= 0.3 is 0 Å². The Balaban J connectivity index is 1.69. The van der Waals surface area contributed by atoms with Crippen LogP contribution in [-0.4, -0.2) is 11.2 Å². The van der Waals surface area contributed by atoms with E-state index in [0.717, 1.165) is 0 Å². The molecule has 0 amide bonds. The molecule has 0 bridgehead atoms. The van der Waals surface area contributed by atoms with Crippen LogP contribution >= 0.6 is 11.6 Å². The third-order valence-corrected chi connectivity index (χ3v) is 4.67. The topological polar surface area (TPSA) is 20.2 Å². The zero-order chi connectivity index (χ0) is 12.0. The van der Waals surface area contributed by atoms with Gasteiger partial charge in [0.25, 0.3) is 0 Å². The Morgan fingerprint density at radius 3 is 2.76 bits per heavy atom. The summed E-state index contributed by atoms with van der Waals surface area (Å²) in [5, 5.41) is 10.3. The van der Waals surface area contributed by atoms with Crippen molar-refractivity contribution in [3.63, 3.8) is 0 Å². The third kappa shape index (κ3) is 1.98. The number of aliphatic hydroxyl groups excluding tert-OH is 1. The molecular weight excluding hydrogens is 239 g/mol. The predicted molar refractivity (Wildman–Crippen MR) is 65.4 cm³/mol. The molecule has 3 heteroatoms. The van der Waals surface area contributed by atoms with E-state index in [4.69, 9.17) is 11.6 Å². The van der Waals surface area contributed by atoms with Crippen molar-refractivity contribution < 1.29 is 9.50 Å². The minimum Gasteiger partial charge on any atom is -0.392 e. The van der Waals surface area contributed by atoms with Crippen molar-refractivity contribution >= 4 is 11.6 Å². The van der Waals surface area contributed by atoms with Crippen LogP contribution in [0.5, 0.6) is 0 Å². The molecule has 2 saturated carbocycles. The van der Waals surface area contributed by atoms with Crippen LogP contribution in [0.3, 0.4) is 0 Å². The Labute approximate surface area is 106 Å². The van der Waals surface area contributed by atoms with Gasteiger partial charge < -0.3 is 5.11 Å². The minimum absolute atomic E-state index is 0.144. The van der Waals surface area contributed by atoms with Gasteiger partial charge in [-0.1, -0.05) is 30.2 Å². The van der Waals surface area contributed by atoms with Gasteiger partial charge in [-0.05, 0) is 42.2 Å². The largest absolute Gasteiger partial charge is 0.392 e. The molecular formula is C14H16ClFO. The average molecular weight is 255 g/mol. The SMILES string of the molecule is OC(Cc1cccc(Cl)c1F)C1C2CCCC21. The summed E-state index contributed by atoms with van der Waals surface area (Å²) in [6, 6.07) is 4.99. The van der Waals surface area contributed by atoms with Crippen molar-refractivity contribution in [3.05, 3.63) is 34.6 Å². The number of hydrogen-bond acceptors (Lipinski definition) is 1. The first-order valence-electron chi connectivity index (χ1n) is 6.29. The lowest BCUT2D eigenvalue weighted by molar-refractivity contribution is 0.134. The monoisotopic (exact) mass is 254 g/mol. The number of hydrogen-bond donors (Lipinski definition) is 1. The van der Waals surface area contributed by atoms with E-state index in [2.05, 4.69) is 0 Å². The van der Waals surface area contributed by atoms with Crippen molar-refractivity contribution in [2.24, 2.45) is 17.8 Å². The van der Waals surface area contributed by atoms with Crippen LogP contribution in [0, 0.1) is 23.6 Å². The fourth-order valence-corrected chi connectivity index (χ4v) is 3.71. The summed E-state index contributed by atoms with van der Waals surface area (Å²) in [5.41, 5.74) is 0.537.